The maximum Gasteiger partial charge on any atom is 0.331 e. The van der Waals surface area contributed by atoms with E-state index in [-0.39, 0.29) is 17.8 Å². The first-order valence-corrected chi connectivity index (χ1v) is 5.82. The average molecular weight is 227 g/mol. The van der Waals surface area contributed by atoms with Gasteiger partial charge in [-0.2, -0.15) is 0 Å². The molecule has 0 aromatic rings. The summed E-state index contributed by atoms with van der Waals surface area (Å²) in [6, 6.07) is 0. The zero-order valence-corrected chi connectivity index (χ0v) is 10.5. The molecule has 0 spiro atoms. The Bertz CT molecular complexity index is 284. The van der Waals surface area contributed by atoms with Gasteiger partial charge >= 0.3 is 5.97 Å². The third-order valence-corrected chi connectivity index (χ3v) is 2.80. The SMILES string of the molecule is CC(=O)N[C@](C)(C(=O)OCC(C)C)C1CC1. The molecule has 0 unspecified atom stereocenters. The predicted molar refractivity (Wildman–Crippen MR) is 60.7 cm³/mol. The molecule has 0 saturated heterocycles. The third kappa shape index (κ3) is 3.22. The molecule has 92 valence electrons. The molecule has 1 amide bonds. The number of carbonyl (C=O) groups is 2. The van der Waals surface area contributed by atoms with E-state index < -0.39 is 5.54 Å². The van der Waals surface area contributed by atoms with E-state index in [1.54, 1.807) is 6.92 Å². The van der Waals surface area contributed by atoms with Crippen molar-refractivity contribution in [3.8, 4) is 0 Å². The predicted octanol–water partition coefficient (Wildman–Crippen LogP) is 1.49. The van der Waals surface area contributed by atoms with Crippen molar-refractivity contribution in [3.63, 3.8) is 0 Å². The Morgan fingerprint density at radius 2 is 2.00 bits per heavy atom. The quantitative estimate of drug-likeness (QED) is 0.724. The molecule has 4 heteroatoms. The minimum Gasteiger partial charge on any atom is -0.464 e. The highest BCUT2D eigenvalue weighted by Crippen LogP contribution is 2.40. The Morgan fingerprint density at radius 1 is 1.44 bits per heavy atom. The number of amides is 1. The van der Waals surface area contributed by atoms with Gasteiger partial charge in [0.05, 0.1) is 6.61 Å². The summed E-state index contributed by atoms with van der Waals surface area (Å²) < 4.78 is 5.22. The van der Waals surface area contributed by atoms with Crippen LogP contribution in [-0.4, -0.2) is 24.0 Å². The number of esters is 1. The van der Waals surface area contributed by atoms with Gasteiger partial charge in [-0.1, -0.05) is 13.8 Å². The van der Waals surface area contributed by atoms with Gasteiger partial charge in [0, 0.05) is 6.92 Å². The van der Waals surface area contributed by atoms with E-state index in [0.29, 0.717) is 12.5 Å². The van der Waals surface area contributed by atoms with Gasteiger partial charge in [-0.05, 0) is 31.6 Å². The fraction of sp³-hybridized carbons (Fsp3) is 0.833. The normalized spacial score (nSPS) is 19.1. The molecular formula is C12H21NO3. The molecule has 1 aliphatic carbocycles. The Kier molecular flexibility index (Phi) is 3.94. The second-order valence-corrected chi connectivity index (χ2v) is 5.15. The molecule has 1 N–H and O–H groups in total. The Hall–Kier alpha value is -1.06. The van der Waals surface area contributed by atoms with Crippen LogP contribution in [0.3, 0.4) is 0 Å². The van der Waals surface area contributed by atoms with Crippen molar-refractivity contribution in [2.24, 2.45) is 11.8 Å². The summed E-state index contributed by atoms with van der Waals surface area (Å²) in [5, 5.41) is 2.73. The second kappa shape index (κ2) is 4.85. The standard InChI is InChI=1S/C12H21NO3/c1-8(2)7-16-11(15)12(4,10-5-6-10)13-9(3)14/h8,10H,5-7H2,1-4H3,(H,13,14)/t12-/m0/s1. The molecule has 0 radical (unpaired) electrons. The van der Waals surface area contributed by atoms with E-state index in [0.717, 1.165) is 12.8 Å². The molecule has 1 saturated carbocycles. The van der Waals surface area contributed by atoms with E-state index >= 15 is 0 Å². The van der Waals surface area contributed by atoms with Crippen LogP contribution >= 0.6 is 0 Å². The number of hydrogen-bond acceptors (Lipinski definition) is 3. The van der Waals surface area contributed by atoms with Crippen molar-refractivity contribution in [2.75, 3.05) is 6.61 Å². The van der Waals surface area contributed by atoms with Crippen molar-refractivity contribution in [3.05, 3.63) is 0 Å². The van der Waals surface area contributed by atoms with Crippen LogP contribution in [0.5, 0.6) is 0 Å². The van der Waals surface area contributed by atoms with Gasteiger partial charge in [0.1, 0.15) is 5.54 Å². The first-order valence-electron chi connectivity index (χ1n) is 5.82. The largest absolute Gasteiger partial charge is 0.464 e. The molecular weight excluding hydrogens is 206 g/mol. The minimum absolute atomic E-state index is 0.184. The lowest BCUT2D eigenvalue weighted by molar-refractivity contribution is -0.155. The summed E-state index contributed by atoms with van der Waals surface area (Å²) in [4.78, 5) is 23.1. The number of ether oxygens (including phenoxy) is 1. The lowest BCUT2D eigenvalue weighted by atomic mass is 9.96. The molecule has 0 aromatic carbocycles. The van der Waals surface area contributed by atoms with Crippen LogP contribution in [0, 0.1) is 11.8 Å². The van der Waals surface area contributed by atoms with Gasteiger partial charge < -0.3 is 10.1 Å². The Morgan fingerprint density at radius 3 is 2.38 bits per heavy atom. The van der Waals surface area contributed by atoms with Crippen LogP contribution in [0.15, 0.2) is 0 Å². The van der Waals surface area contributed by atoms with Gasteiger partial charge in [-0.15, -0.1) is 0 Å². The van der Waals surface area contributed by atoms with Gasteiger partial charge in [0.2, 0.25) is 5.91 Å². The van der Waals surface area contributed by atoms with Crippen LogP contribution in [0.1, 0.15) is 40.5 Å². The number of carbonyl (C=O) groups excluding carboxylic acids is 2. The monoisotopic (exact) mass is 227 g/mol. The van der Waals surface area contributed by atoms with Crippen LogP contribution in [0.25, 0.3) is 0 Å². The second-order valence-electron chi connectivity index (χ2n) is 5.15. The molecule has 1 fully saturated rings. The molecule has 0 heterocycles. The highest BCUT2D eigenvalue weighted by Gasteiger charge is 2.49. The smallest absolute Gasteiger partial charge is 0.331 e. The summed E-state index contributed by atoms with van der Waals surface area (Å²) in [5.41, 5.74) is -0.833. The zero-order chi connectivity index (χ0) is 12.3. The summed E-state index contributed by atoms with van der Waals surface area (Å²) in [6.45, 7) is 7.56. The van der Waals surface area contributed by atoms with E-state index in [9.17, 15) is 9.59 Å². The van der Waals surface area contributed by atoms with E-state index in [1.807, 2.05) is 13.8 Å². The summed E-state index contributed by atoms with van der Waals surface area (Å²) >= 11 is 0. The Labute approximate surface area is 96.7 Å². The minimum atomic E-state index is -0.833. The van der Waals surface area contributed by atoms with E-state index in [2.05, 4.69) is 5.32 Å². The number of rotatable bonds is 5. The zero-order valence-electron chi connectivity index (χ0n) is 10.5. The highest BCUT2D eigenvalue weighted by molar-refractivity contribution is 5.87. The van der Waals surface area contributed by atoms with E-state index in [1.165, 1.54) is 6.92 Å². The van der Waals surface area contributed by atoms with Crippen molar-refractivity contribution in [1.29, 1.82) is 0 Å². The lowest BCUT2D eigenvalue weighted by Crippen LogP contribution is -2.54. The fourth-order valence-electron chi connectivity index (χ4n) is 1.74. The summed E-state index contributed by atoms with van der Waals surface area (Å²) in [5.74, 6) is 0.0515. The third-order valence-electron chi connectivity index (χ3n) is 2.80. The van der Waals surface area contributed by atoms with Gasteiger partial charge in [0.15, 0.2) is 0 Å². The van der Waals surface area contributed by atoms with Gasteiger partial charge in [-0.25, -0.2) is 4.79 Å². The maximum atomic E-state index is 11.9. The average Bonchev–Trinajstić information content (AvgIpc) is 2.95. The topological polar surface area (TPSA) is 55.4 Å². The van der Waals surface area contributed by atoms with Gasteiger partial charge in [0.25, 0.3) is 0 Å². The maximum absolute atomic E-state index is 11.9. The molecule has 0 bridgehead atoms. The van der Waals surface area contributed by atoms with Crippen molar-refractivity contribution in [2.45, 2.75) is 46.1 Å². The molecule has 4 nitrogen and oxygen atoms in total. The first kappa shape index (κ1) is 13.0. The van der Waals surface area contributed by atoms with Crippen molar-refractivity contribution >= 4 is 11.9 Å². The van der Waals surface area contributed by atoms with Gasteiger partial charge in [-0.3, -0.25) is 4.79 Å². The molecule has 1 rings (SSSR count). The molecule has 0 aromatic heterocycles. The van der Waals surface area contributed by atoms with Crippen LogP contribution < -0.4 is 5.32 Å². The van der Waals surface area contributed by atoms with E-state index in [4.69, 9.17) is 4.74 Å². The molecule has 16 heavy (non-hydrogen) atoms. The van der Waals surface area contributed by atoms with Crippen molar-refractivity contribution in [1.82, 2.24) is 5.32 Å². The summed E-state index contributed by atoms with van der Waals surface area (Å²) in [6.07, 6.45) is 1.96. The fourth-order valence-corrected chi connectivity index (χ4v) is 1.74. The van der Waals surface area contributed by atoms with Crippen molar-refractivity contribution < 1.29 is 14.3 Å². The van der Waals surface area contributed by atoms with Crippen LogP contribution in [0.4, 0.5) is 0 Å². The van der Waals surface area contributed by atoms with Crippen LogP contribution in [0.2, 0.25) is 0 Å². The van der Waals surface area contributed by atoms with Crippen LogP contribution in [-0.2, 0) is 14.3 Å². The number of hydrogen-bond donors (Lipinski definition) is 1. The lowest BCUT2D eigenvalue weighted by Gasteiger charge is -2.28. The molecule has 1 atom stereocenters. The Balaban J connectivity index is 2.61. The first-order chi connectivity index (χ1) is 7.36. The number of nitrogens with one attached hydrogen (secondary N) is 1. The highest BCUT2D eigenvalue weighted by atomic mass is 16.5. The molecule has 0 aliphatic heterocycles. The molecule has 1 aliphatic rings. The summed E-state index contributed by atoms with van der Waals surface area (Å²) in [7, 11) is 0.